The second-order valence-corrected chi connectivity index (χ2v) is 4.25. The van der Waals surface area contributed by atoms with Crippen LogP contribution in [0.15, 0.2) is 29.4 Å². The Labute approximate surface area is 119 Å². The highest BCUT2D eigenvalue weighted by Gasteiger charge is 2.10. The summed E-state index contributed by atoms with van der Waals surface area (Å²) >= 11 is 0. The molecule has 1 rings (SSSR count). The van der Waals surface area contributed by atoms with Crippen LogP contribution >= 0.6 is 0 Å². The number of ether oxygens (including phenoxy) is 1. The van der Waals surface area contributed by atoms with Crippen molar-refractivity contribution >= 4 is 0 Å². The summed E-state index contributed by atoms with van der Waals surface area (Å²) in [5, 5.41) is 15.8. The maximum atomic E-state index is 9.21. The minimum absolute atomic E-state index is 0.383. The number of nitriles is 1. The first-order chi connectivity index (χ1) is 9.81. The molecule has 1 N–H and O–H groups in total. The van der Waals surface area contributed by atoms with Gasteiger partial charge in [0.15, 0.2) is 0 Å². The lowest BCUT2D eigenvalue weighted by molar-refractivity contribution is 0.317. The Kier molecular flexibility index (Phi) is 7.66. The molecule has 0 spiro atoms. The van der Waals surface area contributed by atoms with Crippen LogP contribution in [0.5, 0.6) is 5.75 Å². The van der Waals surface area contributed by atoms with Crippen LogP contribution < -0.4 is 10.1 Å². The van der Waals surface area contributed by atoms with E-state index in [9.17, 15) is 5.26 Å². The van der Waals surface area contributed by atoms with Crippen molar-refractivity contribution in [3.05, 3.63) is 40.3 Å². The molecule has 0 saturated carbocycles. The van der Waals surface area contributed by atoms with Crippen molar-refractivity contribution in [2.75, 3.05) is 19.7 Å². The van der Waals surface area contributed by atoms with Gasteiger partial charge in [-0.1, -0.05) is 24.2 Å². The van der Waals surface area contributed by atoms with E-state index in [1.807, 2.05) is 31.2 Å². The molecule has 0 bridgehead atoms. The summed E-state index contributed by atoms with van der Waals surface area (Å²) in [6, 6.07) is 9.38. The molecule has 0 aliphatic rings. The molecule has 0 radical (unpaired) electrons. The Morgan fingerprint density at radius 2 is 2.40 bits per heavy atom. The number of hydrogen-bond donors (Lipinski definition) is 1. The molecule has 1 aromatic rings. The first kappa shape index (κ1) is 15.8. The van der Waals surface area contributed by atoms with E-state index < -0.39 is 0 Å². The van der Waals surface area contributed by atoms with E-state index in [4.69, 9.17) is 10.3 Å². The van der Waals surface area contributed by atoms with Gasteiger partial charge in [0.1, 0.15) is 11.8 Å². The molecule has 20 heavy (non-hydrogen) atoms. The maximum absolute atomic E-state index is 9.21. The molecule has 0 aromatic heterocycles. The van der Waals surface area contributed by atoms with E-state index in [1.165, 1.54) is 0 Å². The second kappa shape index (κ2) is 9.68. The molecule has 0 aliphatic carbocycles. The van der Waals surface area contributed by atoms with E-state index in [2.05, 4.69) is 21.4 Å². The fourth-order valence-electron chi connectivity index (χ4n) is 1.68. The van der Waals surface area contributed by atoms with Gasteiger partial charge in [0.05, 0.1) is 12.7 Å². The fraction of sp³-hybridized carbons (Fsp3) is 0.500. The normalized spacial score (nSPS) is 11.2. The van der Waals surface area contributed by atoms with Crippen LogP contribution in [0.2, 0.25) is 0 Å². The smallest absolute Gasteiger partial charge is 0.121 e. The molecule has 0 fully saturated rings. The molecule has 106 valence electrons. The predicted molar refractivity (Wildman–Crippen MR) is 77.2 cm³/mol. The van der Waals surface area contributed by atoms with Crippen molar-refractivity contribution in [3.8, 4) is 11.8 Å². The van der Waals surface area contributed by atoms with Crippen LogP contribution in [-0.2, 0) is 0 Å². The Morgan fingerprint density at radius 3 is 3.10 bits per heavy atom. The zero-order chi connectivity index (χ0) is 14.6. The third-order valence-corrected chi connectivity index (χ3v) is 2.64. The van der Waals surface area contributed by atoms with Crippen molar-refractivity contribution in [1.29, 1.82) is 5.26 Å². The van der Waals surface area contributed by atoms with E-state index in [-0.39, 0.29) is 6.04 Å². The lowest BCUT2D eigenvalue weighted by Gasteiger charge is -2.13. The van der Waals surface area contributed by atoms with E-state index in [0.29, 0.717) is 26.1 Å². The van der Waals surface area contributed by atoms with Gasteiger partial charge in [0.25, 0.3) is 0 Å². The van der Waals surface area contributed by atoms with E-state index >= 15 is 0 Å². The number of hydrogen-bond acceptors (Lipinski definition) is 4. The number of benzene rings is 1. The van der Waals surface area contributed by atoms with Crippen LogP contribution in [0.1, 0.15) is 31.4 Å². The Bertz CT molecular complexity index is 491. The summed E-state index contributed by atoms with van der Waals surface area (Å²) in [5.74, 6) is 0.778. The van der Waals surface area contributed by atoms with Gasteiger partial charge in [0.2, 0.25) is 0 Å². The van der Waals surface area contributed by atoms with Crippen LogP contribution in [0.3, 0.4) is 0 Å². The van der Waals surface area contributed by atoms with Gasteiger partial charge in [-0.05, 0) is 42.6 Å². The largest absolute Gasteiger partial charge is 0.494 e. The molecule has 6 heteroatoms. The highest BCUT2D eigenvalue weighted by molar-refractivity contribution is 5.33. The Hall–Kier alpha value is -2.22. The molecule has 1 atom stereocenters. The van der Waals surface area contributed by atoms with Crippen molar-refractivity contribution < 1.29 is 4.74 Å². The monoisotopic (exact) mass is 273 g/mol. The molecule has 0 saturated heterocycles. The minimum Gasteiger partial charge on any atom is -0.494 e. The highest BCUT2D eigenvalue weighted by atomic mass is 16.5. The molecule has 0 amide bonds. The van der Waals surface area contributed by atoms with Gasteiger partial charge >= 0.3 is 0 Å². The third-order valence-electron chi connectivity index (χ3n) is 2.64. The molecule has 6 nitrogen and oxygen atoms in total. The molecular weight excluding hydrogens is 254 g/mol. The third kappa shape index (κ3) is 5.61. The summed E-state index contributed by atoms with van der Waals surface area (Å²) < 4.78 is 5.56. The van der Waals surface area contributed by atoms with Gasteiger partial charge in [-0.2, -0.15) is 5.26 Å². The quantitative estimate of drug-likeness (QED) is 0.323. The van der Waals surface area contributed by atoms with Gasteiger partial charge < -0.3 is 4.74 Å². The van der Waals surface area contributed by atoms with Crippen LogP contribution in [-0.4, -0.2) is 19.7 Å². The second-order valence-electron chi connectivity index (χ2n) is 4.25. The average molecular weight is 273 g/mol. The zero-order valence-corrected chi connectivity index (χ0v) is 11.6. The fourth-order valence-corrected chi connectivity index (χ4v) is 1.68. The summed E-state index contributed by atoms with van der Waals surface area (Å²) in [6.45, 7) is 3.77. The molecular formula is C14H19N5O. The molecule has 1 unspecified atom stereocenters. The van der Waals surface area contributed by atoms with E-state index in [0.717, 1.165) is 17.7 Å². The maximum Gasteiger partial charge on any atom is 0.121 e. The number of azide groups is 1. The summed E-state index contributed by atoms with van der Waals surface area (Å²) in [4.78, 5) is 2.69. The van der Waals surface area contributed by atoms with Gasteiger partial charge in [-0.3, -0.25) is 5.32 Å². The van der Waals surface area contributed by atoms with Crippen molar-refractivity contribution in [2.45, 2.75) is 25.8 Å². The van der Waals surface area contributed by atoms with Crippen LogP contribution in [0, 0.1) is 11.3 Å². The van der Waals surface area contributed by atoms with Crippen molar-refractivity contribution in [1.82, 2.24) is 5.32 Å². The lowest BCUT2D eigenvalue weighted by atomic mass is 10.1. The van der Waals surface area contributed by atoms with E-state index in [1.54, 1.807) is 0 Å². The standard InChI is InChI=1S/C14H19N5O/c1-2-9-20-13-6-3-5-12(10-13)14(11-15)17-7-4-8-18-19-16/h3,5-6,10,14,17H,2,4,7-9H2,1H3. The molecule has 1 aromatic carbocycles. The Morgan fingerprint density at radius 1 is 1.55 bits per heavy atom. The first-order valence-corrected chi connectivity index (χ1v) is 6.68. The van der Waals surface area contributed by atoms with Crippen molar-refractivity contribution in [2.24, 2.45) is 5.11 Å². The first-order valence-electron chi connectivity index (χ1n) is 6.68. The van der Waals surface area contributed by atoms with Gasteiger partial charge in [-0.15, -0.1) is 0 Å². The molecule has 0 heterocycles. The lowest BCUT2D eigenvalue weighted by Crippen LogP contribution is -2.21. The minimum atomic E-state index is -0.383. The number of rotatable bonds is 9. The zero-order valence-electron chi connectivity index (χ0n) is 11.6. The SMILES string of the molecule is CCCOc1cccc(C(C#N)NCCCN=[N+]=[N-])c1. The predicted octanol–water partition coefficient (Wildman–Crippen LogP) is 3.33. The topological polar surface area (TPSA) is 93.8 Å². The van der Waals surface area contributed by atoms with Gasteiger partial charge in [-0.25, -0.2) is 0 Å². The average Bonchev–Trinajstić information content (AvgIpc) is 2.49. The summed E-state index contributed by atoms with van der Waals surface area (Å²) in [5.41, 5.74) is 9.05. The molecule has 0 aliphatic heterocycles. The highest BCUT2D eigenvalue weighted by Crippen LogP contribution is 2.19. The number of nitrogens with one attached hydrogen (secondary N) is 1. The van der Waals surface area contributed by atoms with Gasteiger partial charge in [0, 0.05) is 11.5 Å². The summed E-state index contributed by atoms with van der Waals surface area (Å²) in [7, 11) is 0. The van der Waals surface area contributed by atoms with Crippen LogP contribution in [0.4, 0.5) is 0 Å². The number of nitrogens with zero attached hydrogens (tertiary/aromatic N) is 4. The summed E-state index contributed by atoms with van der Waals surface area (Å²) in [6.07, 6.45) is 1.65. The Balaban J connectivity index is 2.56. The van der Waals surface area contributed by atoms with Crippen molar-refractivity contribution in [3.63, 3.8) is 0 Å². The van der Waals surface area contributed by atoms with Crippen LogP contribution in [0.25, 0.3) is 10.4 Å².